The number of hydrogen-bond donors (Lipinski definition) is 1. The molecule has 0 saturated carbocycles. The Balaban J connectivity index is 1.57. The van der Waals surface area contributed by atoms with Gasteiger partial charge in [-0.05, 0) is 50.9 Å². The Bertz CT molecular complexity index is 418. The van der Waals surface area contributed by atoms with Gasteiger partial charge < -0.3 is 10.2 Å². The van der Waals surface area contributed by atoms with Crippen LogP contribution < -0.4 is 5.32 Å². The van der Waals surface area contributed by atoms with Gasteiger partial charge in [0.15, 0.2) is 0 Å². The van der Waals surface area contributed by atoms with Crippen LogP contribution in [-0.2, 0) is 6.42 Å². The van der Waals surface area contributed by atoms with E-state index in [2.05, 4.69) is 23.3 Å². The number of aryl methyl sites for hydroxylation is 1. The molecule has 0 spiro atoms. The van der Waals surface area contributed by atoms with Crippen molar-refractivity contribution in [2.75, 3.05) is 20.1 Å². The van der Waals surface area contributed by atoms with Gasteiger partial charge in [-0.15, -0.1) is 11.3 Å². The van der Waals surface area contributed by atoms with Gasteiger partial charge in [-0.3, -0.25) is 0 Å². The molecular formula is C14H21ClN2S. The first-order valence-electron chi connectivity index (χ1n) is 6.96. The van der Waals surface area contributed by atoms with E-state index in [-0.39, 0.29) is 0 Å². The molecule has 100 valence electrons. The van der Waals surface area contributed by atoms with E-state index < -0.39 is 0 Å². The molecule has 2 atom stereocenters. The molecular weight excluding hydrogens is 264 g/mol. The highest BCUT2D eigenvalue weighted by Crippen LogP contribution is 2.39. The molecule has 2 heterocycles. The fraction of sp³-hybridized carbons (Fsp3) is 0.714. The number of fused-ring (bicyclic) bond motifs is 1. The highest BCUT2D eigenvalue weighted by atomic mass is 35.5. The van der Waals surface area contributed by atoms with Crippen LogP contribution in [0.15, 0.2) is 6.07 Å². The van der Waals surface area contributed by atoms with Crippen LogP contribution in [0.2, 0.25) is 4.34 Å². The second kappa shape index (κ2) is 5.49. The summed E-state index contributed by atoms with van der Waals surface area (Å²) in [4.78, 5) is 4.00. The fourth-order valence-corrected chi connectivity index (χ4v) is 4.58. The molecule has 1 aliphatic carbocycles. The number of piperidine rings is 1. The zero-order chi connectivity index (χ0) is 12.5. The average Bonchev–Trinajstić information content (AvgIpc) is 2.88. The fourth-order valence-electron chi connectivity index (χ4n) is 3.22. The molecule has 3 rings (SSSR count). The van der Waals surface area contributed by atoms with Crippen molar-refractivity contribution in [3.8, 4) is 0 Å². The molecule has 1 aromatic heterocycles. The summed E-state index contributed by atoms with van der Waals surface area (Å²) >= 11 is 7.86. The number of nitrogens with zero attached hydrogens (tertiary/aromatic N) is 1. The van der Waals surface area contributed by atoms with Gasteiger partial charge in [0.2, 0.25) is 0 Å². The van der Waals surface area contributed by atoms with E-state index in [4.69, 9.17) is 11.6 Å². The van der Waals surface area contributed by atoms with Crippen molar-refractivity contribution in [3.05, 3.63) is 20.8 Å². The maximum absolute atomic E-state index is 6.10. The number of nitrogens with one attached hydrogen (secondary N) is 1. The third-order valence-electron chi connectivity index (χ3n) is 4.37. The average molecular weight is 285 g/mol. The SMILES string of the molecule is CN1CCCCC1CNC1CCc2sc(Cl)cc21. The molecule has 0 amide bonds. The Labute approximate surface area is 118 Å². The zero-order valence-corrected chi connectivity index (χ0v) is 12.5. The van der Waals surface area contributed by atoms with Crippen LogP contribution in [0.25, 0.3) is 0 Å². The van der Waals surface area contributed by atoms with Gasteiger partial charge in [-0.1, -0.05) is 18.0 Å². The van der Waals surface area contributed by atoms with Crippen molar-refractivity contribution in [1.82, 2.24) is 10.2 Å². The van der Waals surface area contributed by atoms with Crippen LogP contribution in [0.3, 0.4) is 0 Å². The Kier molecular flexibility index (Phi) is 3.94. The predicted molar refractivity (Wildman–Crippen MR) is 78.7 cm³/mol. The van der Waals surface area contributed by atoms with Gasteiger partial charge in [0.05, 0.1) is 4.34 Å². The minimum atomic E-state index is 0.541. The van der Waals surface area contributed by atoms with Crippen molar-refractivity contribution in [1.29, 1.82) is 0 Å². The third-order valence-corrected chi connectivity index (χ3v) is 5.71. The molecule has 1 fully saturated rings. The van der Waals surface area contributed by atoms with Gasteiger partial charge >= 0.3 is 0 Å². The van der Waals surface area contributed by atoms with Crippen molar-refractivity contribution < 1.29 is 0 Å². The number of likely N-dealkylation sites (tertiary alicyclic amines) is 1. The van der Waals surface area contributed by atoms with Crippen molar-refractivity contribution >= 4 is 22.9 Å². The Morgan fingerprint density at radius 2 is 2.33 bits per heavy atom. The van der Waals surface area contributed by atoms with Crippen LogP contribution in [0.4, 0.5) is 0 Å². The largest absolute Gasteiger partial charge is 0.308 e. The highest BCUT2D eigenvalue weighted by Gasteiger charge is 2.26. The van der Waals surface area contributed by atoms with Crippen LogP contribution in [-0.4, -0.2) is 31.1 Å². The van der Waals surface area contributed by atoms with E-state index >= 15 is 0 Å². The van der Waals surface area contributed by atoms with E-state index in [9.17, 15) is 0 Å². The summed E-state index contributed by atoms with van der Waals surface area (Å²) in [5.74, 6) is 0. The number of hydrogen-bond acceptors (Lipinski definition) is 3. The normalized spacial score (nSPS) is 28.6. The van der Waals surface area contributed by atoms with Crippen LogP contribution in [0.1, 0.15) is 42.2 Å². The monoisotopic (exact) mass is 284 g/mol. The molecule has 1 aromatic rings. The Morgan fingerprint density at radius 3 is 3.17 bits per heavy atom. The summed E-state index contributed by atoms with van der Waals surface area (Å²) in [6.07, 6.45) is 6.53. The van der Waals surface area contributed by atoms with Crippen molar-refractivity contribution in [2.45, 2.75) is 44.2 Å². The lowest BCUT2D eigenvalue weighted by Gasteiger charge is -2.33. The molecule has 0 aromatic carbocycles. The Morgan fingerprint density at radius 1 is 1.44 bits per heavy atom. The quantitative estimate of drug-likeness (QED) is 0.914. The summed E-state index contributed by atoms with van der Waals surface area (Å²) in [6, 6.07) is 3.42. The molecule has 0 radical (unpaired) electrons. The predicted octanol–water partition coefficient (Wildman–Crippen LogP) is 3.46. The molecule has 0 bridgehead atoms. The minimum Gasteiger partial charge on any atom is -0.308 e. The van der Waals surface area contributed by atoms with Gasteiger partial charge in [-0.2, -0.15) is 0 Å². The van der Waals surface area contributed by atoms with Gasteiger partial charge in [0, 0.05) is 23.5 Å². The summed E-state index contributed by atoms with van der Waals surface area (Å²) in [7, 11) is 2.26. The first-order valence-corrected chi connectivity index (χ1v) is 8.15. The molecule has 2 nitrogen and oxygen atoms in total. The smallest absolute Gasteiger partial charge is 0.0934 e. The summed E-state index contributed by atoms with van der Waals surface area (Å²) in [5.41, 5.74) is 1.46. The zero-order valence-electron chi connectivity index (χ0n) is 10.9. The summed E-state index contributed by atoms with van der Waals surface area (Å²) in [6.45, 7) is 2.38. The Hall–Kier alpha value is -0.0900. The lowest BCUT2D eigenvalue weighted by atomic mass is 10.0. The van der Waals surface area contributed by atoms with E-state index in [1.807, 2.05) is 0 Å². The summed E-state index contributed by atoms with van der Waals surface area (Å²) in [5, 5.41) is 3.76. The number of likely N-dealkylation sites (N-methyl/N-ethyl adjacent to an activating group) is 1. The van der Waals surface area contributed by atoms with E-state index in [1.165, 1.54) is 49.1 Å². The molecule has 1 aliphatic heterocycles. The first kappa shape index (κ1) is 12.9. The van der Waals surface area contributed by atoms with E-state index in [1.54, 1.807) is 11.3 Å². The van der Waals surface area contributed by atoms with Gasteiger partial charge in [0.1, 0.15) is 0 Å². The lowest BCUT2D eigenvalue weighted by molar-refractivity contribution is 0.177. The molecule has 4 heteroatoms. The molecule has 18 heavy (non-hydrogen) atoms. The topological polar surface area (TPSA) is 15.3 Å². The second-order valence-electron chi connectivity index (χ2n) is 5.56. The van der Waals surface area contributed by atoms with Crippen LogP contribution >= 0.6 is 22.9 Å². The highest BCUT2D eigenvalue weighted by molar-refractivity contribution is 7.16. The number of thiophene rings is 1. The number of rotatable bonds is 3. The van der Waals surface area contributed by atoms with Crippen molar-refractivity contribution in [3.63, 3.8) is 0 Å². The van der Waals surface area contributed by atoms with Crippen LogP contribution in [0, 0.1) is 0 Å². The molecule has 2 aliphatic rings. The second-order valence-corrected chi connectivity index (χ2v) is 7.33. The molecule has 1 N–H and O–H groups in total. The first-order chi connectivity index (χ1) is 8.74. The van der Waals surface area contributed by atoms with Crippen molar-refractivity contribution in [2.24, 2.45) is 0 Å². The summed E-state index contributed by atoms with van der Waals surface area (Å²) < 4.78 is 0.946. The minimum absolute atomic E-state index is 0.541. The maximum Gasteiger partial charge on any atom is 0.0934 e. The third kappa shape index (κ3) is 2.60. The molecule has 1 saturated heterocycles. The van der Waals surface area contributed by atoms with Gasteiger partial charge in [-0.25, -0.2) is 0 Å². The van der Waals surface area contributed by atoms with E-state index in [0.29, 0.717) is 6.04 Å². The van der Waals surface area contributed by atoms with Gasteiger partial charge in [0.25, 0.3) is 0 Å². The maximum atomic E-state index is 6.10. The number of halogens is 1. The lowest BCUT2D eigenvalue weighted by Crippen LogP contribution is -2.43. The standard InChI is InChI=1S/C14H21ClN2S/c1-17-7-3-2-4-10(17)9-16-12-5-6-13-11(12)8-14(15)18-13/h8,10,12,16H,2-7,9H2,1H3. The van der Waals surface area contributed by atoms with E-state index in [0.717, 1.165) is 16.9 Å². The van der Waals surface area contributed by atoms with Crippen LogP contribution in [0.5, 0.6) is 0 Å². The molecule has 2 unspecified atom stereocenters.